The van der Waals surface area contributed by atoms with E-state index >= 15 is 0 Å². The highest BCUT2D eigenvalue weighted by atomic mass is 19.1. The molecule has 0 N–H and O–H groups in total. The summed E-state index contributed by atoms with van der Waals surface area (Å²) in [7, 11) is 0. The Balaban J connectivity index is 1.86. The van der Waals surface area contributed by atoms with Crippen molar-refractivity contribution in [3.8, 4) is 0 Å². The average molecular weight is 312 g/mol. The third-order valence-electron chi connectivity index (χ3n) is 3.52. The van der Waals surface area contributed by atoms with Crippen LogP contribution in [-0.2, 0) is 9.53 Å². The van der Waals surface area contributed by atoms with E-state index in [0.717, 1.165) is 11.1 Å². The van der Waals surface area contributed by atoms with Gasteiger partial charge in [-0.05, 0) is 47.5 Å². The topological polar surface area (TPSA) is 26.3 Å². The van der Waals surface area contributed by atoms with Gasteiger partial charge in [0.25, 0.3) is 0 Å². The van der Waals surface area contributed by atoms with Gasteiger partial charge >= 0.3 is 0 Å². The molecule has 0 unspecified atom stereocenters. The van der Waals surface area contributed by atoms with E-state index in [9.17, 15) is 13.6 Å². The average Bonchev–Trinajstić information content (AvgIpc) is 2.55. The van der Waals surface area contributed by atoms with Gasteiger partial charge in [0.1, 0.15) is 11.6 Å². The van der Waals surface area contributed by atoms with Crippen molar-refractivity contribution in [1.82, 2.24) is 0 Å². The Morgan fingerprint density at radius 2 is 1.13 bits per heavy atom. The van der Waals surface area contributed by atoms with Gasteiger partial charge in [-0.15, -0.1) is 0 Å². The van der Waals surface area contributed by atoms with Crippen molar-refractivity contribution in [3.63, 3.8) is 0 Å². The molecule has 0 saturated carbocycles. The lowest BCUT2D eigenvalue weighted by molar-refractivity contribution is -0.114. The number of hydrogen-bond donors (Lipinski definition) is 0. The third kappa shape index (κ3) is 3.79. The molecular weight excluding hydrogens is 298 g/mol. The van der Waals surface area contributed by atoms with E-state index in [1.165, 1.54) is 24.3 Å². The first-order valence-electron chi connectivity index (χ1n) is 7.16. The number of carbonyl (C=O) groups is 1. The summed E-state index contributed by atoms with van der Waals surface area (Å²) in [5, 5.41) is 0. The molecule has 3 rings (SSSR count). The molecule has 0 amide bonds. The molecule has 1 heterocycles. The zero-order chi connectivity index (χ0) is 16.2. The molecule has 2 nitrogen and oxygen atoms in total. The van der Waals surface area contributed by atoms with Crippen LogP contribution in [0.1, 0.15) is 11.1 Å². The van der Waals surface area contributed by atoms with E-state index in [1.54, 1.807) is 36.4 Å². The zero-order valence-electron chi connectivity index (χ0n) is 12.3. The van der Waals surface area contributed by atoms with Gasteiger partial charge in [-0.2, -0.15) is 0 Å². The van der Waals surface area contributed by atoms with E-state index in [2.05, 4.69) is 0 Å². The van der Waals surface area contributed by atoms with Crippen LogP contribution in [0.25, 0.3) is 12.2 Å². The Morgan fingerprint density at radius 1 is 0.739 bits per heavy atom. The Kier molecular flexibility index (Phi) is 4.44. The molecule has 0 radical (unpaired) electrons. The lowest BCUT2D eigenvalue weighted by Crippen LogP contribution is -2.21. The number of benzene rings is 2. The molecule has 4 heteroatoms. The predicted molar refractivity (Wildman–Crippen MR) is 84.6 cm³/mol. The lowest BCUT2D eigenvalue weighted by Gasteiger charge is -2.17. The van der Waals surface area contributed by atoms with Crippen LogP contribution >= 0.6 is 0 Å². The maximum atomic E-state index is 12.9. The van der Waals surface area contributed by atoms with Crippen LogP contribution in [0.15, 0.2) is 59.7 Å². The first-order chi connectivity index (χ1) is 11.1. The molecule has 0 bridgehead atoms. The molecule has 23 heavy (non-hydrogen) atoms. The number of hydrogen-bond acceptors (Lipinski definition) is 2. The van der Waals surface area contributed by atoms with Crippen LogP contribution in [-0.4, -0.2) is 19.0 Å². The number of Topliss-reactive ketones (excluding diaryl/α,β-unsaturated/α-hetero) is 1. The van der Waals surface area contributed by atoms with Gasteiger partial charge in [0.05, 0.1) is 13.2 Å². The summed E-state index contributed by atoms with van der Waals surface area (Å²) in [5.74, 6) is -0.754. The molecule has 1 saturated heterocycles. The lowest BCUT2D eigenvalue weighted by atomic mass is 9.98. The Bertz CT molecular complexity index is 707. The molecule has 0 aliphatic carbocycles. The second kappa shape index (κ2) is 6.67. The fourth-order valence-corrected chi connectivity index (χ4v) is 2.34. The minimum absolute atomic E-state index is 0.107. The molecule has 116 valence electrons. The quantitative estimate of drug-likeness (QED) is 0.783. The summed E-state index contributed by atoms with van der Waals surface area (Å²) in [5.41, 5.74) is 2.50. The van der Waals surface area contributed by atoms with Gasteiger partial charge in [0.15, 0.2) is 5.78 Å². The minimum Gasteiger partial charge on any atom is -0.372 e. The van der Waals surface area contributed by atoms with E-state index in [0.29, 0.717) is 11.1 Å². The Labute approximate surface area is 132 Å². The maximum Gasteiger partial charge on any atom is 0.189 e. The van der Waals surface area contributed by atoms with Crippen LogP contribution in [0.4, 0.5) is 8.78 Å². The molecule has 0 aromatic heterocycles. The largest absolute Gasteiger partial charge is 0.372 e. The highest BCUT2D eigenvalue weighted by Crippen LogP contribution is 2.20. The van der Waals surface area contributed by atoms with Crippen molar-refractivity contribution in [3.05, 3.63) is 82.4 Å². The van der Waals surface area contributed by atoms with Crippen molar-refractivity contribution in [2.24, 2.45) is 0 Å². The fraction of sp³-hybridized carbons (Fsp3) is 0.105. The van der Waals surface area contributed by atoms with Gasteiger partial charge in [-0.1, -0.05) is 24.3 Å². The normalized spacial score (nSPS) is 18.6. The smallest absolute Gasteiger partial charge is 0.189 e. The zero-order valence-corrected chi connectivity index (χ0v) is 12.3. The van der Waals surface area contributed by atoms with Crippen LogP contribution in [0.2, 0.25) is 0 Å². The van der Waals surface area contributed by atoms with Gasteiger partial charge in [0, 0.05) is 11.1 Å². The van der Waals surface area contributed by atoms with Crippen molar-refractivity contribution in [1.29, 1.82) is 0 Å². The molecule has 1 aliphatic heterocycles. The number of ketones is 1. The third-order valence-corrected chi connectivity index (χ3v) is 3.52. The van der Waals surface area contributed by atoms with E-state index in [4.69, 9.17) is 4.74 Å². The number of carbonyl (C=O) groups excluding carboxylic acids is 1. The fourth-order valence-electron chi connectivity index (χ4n) is 2.34. The molecule has 0 spiro atoms. The molecule has 1 fully saturated rings. The summed E-state index contributed by atoms with van der Waals surface area (Å²) in [6, 6.07) is 11.8. The van der Waals surface area contributed by atoms with E-state index in [1.807, 2.05) is 0 Å². The number of rotatable bonds is 2. The van der Waals surface area contributed by atoms with Crippen LogP contribution in [0.5, 0.6) is 0 Å². The Morgan fingerprint density at radius 3 is 1.52 bits per heavy atom. The summed E-state index contributed by atoms with van der Waals surface area (Å²) >= 11 is 0. The summed E-state index contributed by atoms with van der Waals surface area (Å²) in [6.07, 6.45) is 3.39. The Hall–Kier alpha value is -2.59. The summed E-state index contributed by atoms with van der Waals surface area (Å²) < 4.78 is 31.3. The highest BCUT2D eigenvalue weighted by molar-refractivity contribution is 6.14. The van der Waals surface area contributed by atoms with Crippen LogP contribution in [0, 0.1) is 11.6 Å². The molecule has 1 aliphatic rings. The van der Waals surface area contributed by atoms with Crippen molar-refractivity contribution in [2.45, 2.75) is 0 Å². The van der Waals surface area contributed by atoms with E-state index < -0.39 is 0 Å². The molecule has 0 atom stereocenters. The van der Waals surface area contributed by atoms with Gasteiger partial charge in [-0.3, -0.25) is 4.79 Å². The van der Waals surface area contributed by atoms with E-state index in [-0.39, 0.29) is 30.6 Å². The summed E-state index contributed by atoms with van der Waals surface area (Å²) in [4.78, 5) is 12.5. The van der Waals surface area contributed by atoms with Crippen LogP contribution < -0.4 is 0 Å². The number of halogens is 2. The van der Waals surface area contributed by atoms with Gasteiger partial charge in [0.2, 0.25) is 0 Å². The summed E-state index contributed by atoms with van der Waals surface area (Å²) in [6.45, 7) is 0.438. The second-order valence-corrected chi connectivity index (χ2v) is 5.26. The van der Waals surface area contributed by atoms with Crippen molar-refractivity contribution >= 4 is 17.9 Å². The van der Waals surface area contributed by atoms with Crippen molar-refractivity contribution < 1.29 is 18.3 Å². The maximum absolute atomic E-state index is 12.9. The molecule has 2 aromatic carbocycles. The van der Waals surface area contributed by atoms with Crippen LogP contribution in [0.3, 0.4) is 0 Å². The van der Waals surface area contributed by atoms with Gasteiger partial charge < -0.3 is 4.74 Å². The monoisotopic (exact) mass is 312 g/mol. The first kappa shape index (κ1) is 15.3. The predicted octanol–water partition coefficient (Wildman–Crippen LogP) is 4.03. The molecule has 2 aromatic rings. The molecular formula is C19H14F2O2. The van der Waals surface area contributed by atoms with Gasteiger partial charge in [-0.25, -0.2) is 8.78 Å². The minimum atomic E-state index is -0.324. The SMILES string of the molecule is O=C1C(=Cc2ccc(F)cc2)COCC1=Cc1ccc(F)cc1. The standard InChI is InChI=1S/C19H14F2O2/c20-17-5-1-13(2-6-17)9-15-11-23-12-16(19(15)22)10-14-3-7-18(21)8-4-14/h1-10H,11-12H2. The van der Waals surface area contributed by atoms with Crippen molar-refractivity contribution in [2.75, 3.05) is 13.2 Å². The number of ether oxygens (including phenoxy) is 1. The second-order valence-electron chi connectivity index (χ2n) is 5.26. The first-order valence-corrected chi connectivity index (χ1v) is 7.16. The highest BCUT2D eigenvalue weighted by Gasteiger charge is 2.21.